The van der Waals surface area contributed by atoms with E-state index in [0.29, 0.717) is 5.56 Å². The normalized spacial score (nSPS) is 18.1. The third-order valence-electron chi connectivity index (χ3n) is 5.86. The minimum Gasteiger partial charge on any atom is -0.368 e. The first-order chi connectivity index (χ1) is 13.7. The fourth-order valence-corrected chi connectivity index (χ4v) is 4.17. The lowest BCUT2D eigenvalue weighted by molar-refractivity contribution is 0.0761. The van der Waals surface area contributed by atoms with Gasteiger partial charge in [-0.3, -0.25) is 4.79 Å². The molecule has 2 aromatic rings. The number of piperazine rings is 1. The van der Waals surface area contributed by atoms with Crippen LogP contribution in [-0.2, 0) is 0 Å². The summed E-state index contributed by atoms with van der Waals surface area (Å²) in [6, 6.07) is 12.6. The predicted octanol–water partition coefficient (Wildman–Crippen LogP) is 3.73. The molecule has 3 heterocycles. The first-order valence-corrected chi connectivity index (χ1v) is 10.5. The van der Waals surface area contributed by atoms with Crippen LogP contribution >= 0.6 is 0 Å². The van der Waals surface area contributed by atoms with Crippen LogP contribution in [0.15, 0.2) is 42.6 Å². The summed E-state index contributed by atoms with van der Waals surface area (Å²) in [6.07, 6.45) is 6.45. The van der Waals surface area contributed by atoms with E-state index in [4.69, 9.17) is 0 Å². The van der Waals surface area contributed by atoms with Crippen molar-refractivity contribution in [2.24, 2.45) is 0 Å². The van der Waals surface area contributed by atoms with E-state index in [1.807, 2.05) is 17.0 Å². The molecule has 0 radical (unpaired) electrons. The number of aromatic nitrogens is 1. The van der Waals surface area contributed by atoms with Crippen molar-refractivity contribution in [2.75, 3.05) is 49.1 Å². The van der Waals surface area contributed by atoms with Gasteiger partial charge < -0.3 is 14.7 Å². The fourth-order valence-electron chi connectivity index (χ4n) is 4.17. The highest BCUT2D eigenvalue weighted by molar-refractivity contribution is 5.94. The molecule has 2 aliphatic rings. The Balaban J connectivity index is 1.36. The minimum absolute atomic E-state index is 0.130. The number of anilines is 2. The molecular formula is C23H30N4O. The molecule has 2 saturated heterocycles. The lowest BCUT2D eigenvalue weighted by Gasteiger charge is -2.37. The number of nitrogens with zero attached hydrogens (tertiary/aromatic N) is 4. The van der Waals surface area contributed by atoms with Crippen molar-refractivity contribution in [3.8, 4) is 0 Å². The van der Waals surface area contributed by atoms with Gasteiger partial charge in [-0.1, -0.05) is 25.0 Å². The Hall–Kier alpha value is -2.56. The van der Waals surface area contributed by atoms with Crippen molar-refractivity contribution in [3.63, 3.8) is 0 Å². The molecule has 148 valence electrons. The molecule has 0 spiro atoms. The number of carbonyl (C=O) groups excluding carboxylic acids is 1. The van der Waals surface area contributed by atoms with Gasteiger partial charge in [-0.15, -0.1) is 0 Å². The molecule has 0 N–H and O–H groups in total. The number of aryl methyl sites for hydroxylation is 1. The molecular weight excluding hydrogens is 348 g/mol. The van der Waals surface area contributed by atoms with Gasteiger partial charge in [-0.2, -0.15) is 0 Å². The first kappa shape index (κ1) is 18.8. The minimum atomic E-state index is 0.130. The SMILES string of the molecule is Cc1cccc(N2CCN(c3ccc(C(=O)N4CCCCCC4)cn3)CC2)c1. The average molecular weight is 379 g/mol. The number of rotatable bonds is 3. The van der Waals surface area contributed by atoms with Crippen LogP contribution < -0.4 is 9.80 Å². The highest BCUT2D eigenvalue weighted by Crippen LogP contribution is 2.21. The standard InChI is InChI=1S/C23H30N4O/c1-19-7-6-8-21(17-19)25-13-15-26(16-14-25)22-10-9-20(18-24-22)23(28)27-11-4-2-3-5-12-27/h6-10,17-18H,2-5,11-16H2,1H3. The summed E-state index contributed by atoms with van der Waals surface area (Å²) >= 11 is 0. The second-order valence-electron chi connectivity index (χ2n) is 7.92. The second-order valence-corrected chi connectivity index (χ2v) is 7.92. The summed E-state index contributed by atoms with van der Waals surface area (Å²) in [6.45, 7) is 7.75. The van der Waals surface area contributed by atoms with E-state index in [1.165, 1.54) is 24.1 Å². The van der Waals surface area contributed by atoms with E-state index in [-0.39, 0.29) is 5.91 Å². The lowest BCUT2D eigenvalue weighted by atomic mass is 10.2. The smallest absolute Gasteiger partial charge is 0.255 e. The largest absolute Gasteiger partial charge is 0.368 e. The summed E-state index contributed by atoms with van der Waals surface area (Å²) in [7, 11) is 0. The van der Waals surface area contributed by atoms with Crippen LogP contribution in [0.4, 0.5) is 11.5 Å². The number of hydrogen-bond donors (Lipinski definition) is 0. The first-order valence-electron chi connectivity index (χ1n) is 10.5. The third kappa shape index (κ3) is 4.29. The Morgan fingerprint density at radius 2 is 1.57 bits per heavy atom. The van der Waals surface area contributed by atoms with E-state index in [0.717, 1.165) is 57.9 Å². The van der Waals surface area contributed by atoms with Gasteiger partial charge in [0.2, 0.25) is 0 Å². The highest BCUT2D eigenvalue weighted by atomic mass is 16.2. The van der Waals surface area contributed by atoms with Gasteiger partial charge in [0.25, 0.3) is 5.91 Å². The van der Waals surface area contributed by atoms with Crippen LogP contribution in [0.5, 0.6) is 0 Å². The van der Waals surface area contributed by atoms with Crippen molar-refractivity contribution >= 4 is 17.4 Å². The Morgan fingerprint density at radius 1 is 0.857 bits per heavy atom. The van der Waals surface area contributed by atoms with Crippen LogP contribution in [0.2, 0.25) is 0 Å². The van der Waals surface area contributed by atoms with Crippen molar-refractivity contribution in [1.82, 2.24) is 9.88 Å². The van der Waals surface area contributed by atoms with Crippen LogP contribution in [0, 0.1) is 6.92 Å². The van der Waals surface area contributed by atoms with Gasteiger partial charge in [0, 0.05) is 51.2 Å². The summed E-state index contributed by atoms with van der Waals surface area (Å²) in [5.41, 5.74) is 3.31. The molecule has 0 bridgehead atoms. The van der Waals surface area contributed by atoms with Crippen molar-refractivity contribution in [2.45, 2.75) is 32.6 Å². The predicted molar refractivity (Wildman–Crippen MR) is 114 cm³/mol. The van der Waals surface area contributed by atoms with E-state index in [1.54, 1.807) is 6.20 Å². The van der Waals surface area contributed by atoms with Crippen LogP contribution in [-0.4, -0.2) is 55.1 Å². The van der Waals surface area contributed by atoms with Crippen molar-refractivity contribution < 1.29 is 4.79 Å². The summed E-state index contributed by atoms with van der Waals surface area (Å²) in [5, 5.41) is 0. The summed E-state index contributed by atoms with van der Waals surface area (Å²) < 4.78 is 0. The summed E-state index contributed by atoms with van der Waals surface area (Å²) in [4.78, 5) is 24.1. The monoisotopic (exact) mass is 378 g/mol. The van der Waals surface area contributed by atoms with Crippen LogP contribution in [0.25, 0.3) is 0 Å². The van der Waals surface area contributed by atoms with E-state index >= 15 is 0 Å². The number of amides is 1. The Labute approximate surface area is 168 Å². The molecule has 5 heteroatoms. The number of benzene rings is 1. The van der Waals surface area contributed by atoms with Gasteiger partial charge in [0.05, 0.1) is 5.56 Å². The molecule has 4 rings (SSSR count). The third-order valence-corrected chi connectivity index (χ3v) is 5.86. The van der Waals surface area contributed by atoms with Crippen LogP contribution in [0.1, 0.15) is 41.6 Å². The molecule has 0 atom stereocenters. The molecule has 0 unspecified atom stereocenters. The maximum Gasteiger partial charge on any atom is 0.255 e. The highest BCUT2D eigenvalue weighted by Gasteiger charge is 2.20. The average Bonchev–Trinajstić information content (AvgIpc) is 3.03. The number of hydrogen-bond acceptors (Lipinski definition) is 4. The summed E-state index contributed by atoms with van der Waals surface area (Å²) in [5.74, 6) is 1.10. The number of likely N-dealkylation sites (tertiary alicyclic amines) is 1. The van der Waals surface area contributed by atoms with Gasteiger partial charge in [0.1, 0.15) is 5.82 Å². The molecule has 0 saturated carbocycles. The van der Waals surface area contributed by atoms with Gasteiger partial charge in [-0.25, -0.2) is 4.98 Å². The Kier molecular flexibility index (Phi) is 5.79. The van der Waals surface area contributed by atoms with Crippen molar-refractivity contribution in [1.29, 1.82) is 0 Å². The van der Waals surface area contributed by atoms with Crippen molar-refractivity contribution in [3.05, 3.63) is 53.7 Å². The molecule has 28 heavy (non-hydrogen) atoms. The number of carbonyl (C=O) groups is 1. The molecule has 2 aliphatic heterocycles. The molecule has 1 aromatic carbocycles. The molecule has 1 amide bonds. The Bertz CT molecular complexity index is 789. The lowest BCUT2D eigenvalue weighted by Crippen LogP contribution is -2.46. The maximum atomic E-state index is 12.7. The van der Waals surface area contributed by atoms with E-state index in [9.17, 15) is 4.79 Å². The molecule has 1 aromatic heterocycles. The Morgan fingerprint density at radius 3 is 2.21 bits per heavy atom. The molecule has 5 nitrogen and oxygen atoms in total. The number of pyridine rings is 1. The van der Waals surface area contributed by atoms with Gasteiger partial charge in [-0.05, 0) is 49.6 Å². The zero-order valence-corrected chi connectivity index (χ0v) is 16.8. The quantitative estimate of drug-likeness (QED) is 0.816. The topological polar surface area (TPSA) is 39.7 Å². The van der Waals surface area contributed by atoms with E-state index < -0.39 is 0 Å². The van der Waals surface area contributed by atoms with E-state index in [2.05, 4.69) is 46.0 Å². The zero-order chi connectivity index (χ0) is 19.3. The zero-order valence-electron chi connectivity index (χ0n) is 16.8. The molecule has 2 fully saturated rings. The fraction of sp³-hybridized carbons (Fsp3) is 0.478. The van der Waals surface area contributed by atoms with Gasteiger partial charge >= 0.3 is 0 Å². The molecule has 0 aliphatic carbocycles. The van der Waals surface area contributed by atoms with Gasteiger partial charge in [0.15, 0.2) is 0 Å². The second kappa shape index (κ2) is 8.63. The van der Waals surface area contributed by atoms with Crippen LogP contribution in [0.3, 0.4) is 0 Å². The maximum absolute atomic E-state index is 12.7.